The van der Waals surface area contributed by atoms with E-state index in [4.69, 9.17) is 16.3 Å². The molecule has 1 amide bonds. The van der Waals surface area contributed by atoms with Crippen molar-refractivity contribution in [3.05, 3.63) is 40.9 Å². The van der Waals surface area contributed by atoms with E-state index in [9.17, 15) is 18.0 Å². The highest BCUT2D eigenvalue weighted by Gasteiger charge is 2.33. The van der Waals surface area contributed by atoms with Crippen molar-refractivity contribution >= 4 is 23.2 Å². The summed E-state index contributed by atoms with van der Waals surface area (Å²) in [6.45, 7) is 0. The van der Waals surface area contributed by atoms with Gasteiger partial charge in [-0.25, -0.2) is 0 Å². The standard InChI is InChI=1S/C16H11ClF3NO3/c1-23-12-6-8(5-9-7-13(22)21-15(9)12)14-10(17)3-2-4-11(14)24-16(18,19)20/h2-6H,7H2,1H3,(H,21,22). The summed E-state index contributed by atoms with van der Waals surface area (Å²) in [5, 5.41) is 2.75. The lowest BCUT2D eigenvalue weighted by molar-refractivity contribution is -0.274. The fourth-order valence-electron chi connectivity index (χ4n) is 2.61. The van der Waals surface area contributed by atoms with Gasteiger partial charge in [0.15, 0.2) is 0 Å². The molecule has 8 heteroatoms. The molecule has 0 aromatic heterocycles. The van der Waals surface area contributed by atoms with Crippen molar-refractivity contribution in [2.45, 2.75) is 12.8 Å². The van der Waals surface area contributed by atoms with Gasteiger partial charge in [0.1, 0.15) is 11.5 Å². The number of carbonyl (C=O) groups is 1. The van der Waals surface area contributed by atoms with Gasteiger partial charge in [0.05, 0.1) is 24.2 Å². The van der Waals surface area contributed by atoms with E-state index >= 15 is 0 Å². The van der Waals surface area contributed by atoms with Crippen molar-refractivity contribution in [3.8, 4) is 22.6 Å². The van der Waals surface area contributed by atoms with Crippen molar-refractivity contribution in [1.29, 1.82) is 0 Å². The minimum Gasteiger partial charge on any atom is -0.495 e. The lowest BCUT2D eigenvalue weighted by atomic mass is 10.00. The van der Waals surface area contributed by atoms with E-state index < -0.39 is 12.1 Å². The third-order valence-electron chi connectivity index (χ3n) is 3.51. The maximum Gasteiger partial charge on any atom is 0.573 e. The van der Waals surface area contributed by atoms with Gasteiger partial charge in [-0.15, -0.1) is 13.2 Å². The quantitative estimate of drug-likeness (QED) is 0.885. The van der Waals surface area contributed by atoms with E-state index in [-0.39, 0.29) is 22.9 Å². The van der Waals surface area contributed by atoms with E-state index in [0.717, 1.165) is 0 Å². The monoisotopic (exact) mass is 357 g/mol. The SMILES string of the molecule is COc1cc(-c2c(Cl)cccc2OC(F)(F)F)cc2c1NC(=O)C2. The molecular weight excluding hydrogens is 347 g/mol. The largest absolute Gasteiger partial charge is 0.573 e. The number of halogens is 4. The molecule has 0 fully saturated rings. The number of fused-ring (bicyclic) bond motifs is 1. The first kappa shape index (κ1) is 16.4. The fourth-order valence-corrected chi connectivity index (χ4v) is 2.89. The normalized spacial score (nSPS) is 13.5. The lowest BCUT2D eigenvalue weighted by Gasteiger charge is -2.16. The number of hydrogen-bond acceptors (Lipinski definition) is 3. The van der Waals surface area contributed by atoms with Crippen LogP contribution in [0.4, 0.5) is 18.9 Å². The molecule has 4 nitrogen and oxygen atoms in total. The lowest BCUT2D eigenvalue weighted by Crippen LogP contribution is -2.17. The molecule has 1 N–H and O–H groups in total. The first-order valence-electron chi connectivity index (χ1n) is 6.84. The van der Waals surface area contributed by atoms with Crippen LogP contribution in [0.15, 0.2) is 30.3 Å². The van der Waals surface area contributed by atoms with Gasteiger partial charge in [-0.1, -0.05) is 17.7 Å². The number of hydrogen-bond donors (Lipinski definition) is 1. The summed E-state index contributed by atoms with van der Waals surface area (Å²) in [5.41, 5.74) is 1.58. The highest BCUT2D eigenvalue weighted by molar-refractivity contribution is 6.33. The van der Waals surface area contributed by atoms with Crippen LogP contribution in [-0.4, -0.2) is 19.4 Å². The molecule has 0 spiro atoms. The van der Waals surface area contributed by atoms with E-state index in [1.54, 1.807) is 6.07 Å². The van der Waals surface area contributed by atoms with Crippen LogP contribution in [0.1, 0.15) is 5.56 Å². The summed E-state index contributed by atoms with van der Waals surface area (Å²) in [6.07, 6.45) is -4.74. The third kappa shape index (κ3) is 3.12. The van der Waals surface area contributed by atoms with Gasteiger partial charge in [-0.3, -0.25) is 4.79 Å². The van der Waals surface area contributed by atoms with Crippen molar-refractivity contribution in [2.24, 2.45) is 0 Å². The second-order valence-electron chi connectivity index (χ2n) is 5.10. The molecule has 0 saturated carbocycles. The number of benzene rings is 2. The maximum absolute atomic E-state index is 12.6. The van der Waals surface area contributed by atoms with Crippen molar-refractivity contribution in [3.63, 3.8) is 0 Å². The van der Waals surface area contributed by atoms with Gasteiger partial charge in [0.25, 0.3) is 0 Å². The predicted molar refractivity (Wildman–Crippen MR) is 82.5 cm³/mol. The van der Waals surface area contributed by atoms with E-state index in [1.165, 1.54) is 31.4 Å². The Labute approximate surface area is 140 Å². The average molecular weight is 358 g/mol. The minimum atomic E-state index is -4.85. The van der Waals surface area contributed by atoms with E-state index in [2.05, 4.69) is 10.1 Å². The zero-order valence-electron chi connectivity index (χ0n) is 12.3. The molecule has 0 atom stereocenters. The van der Waals surface area contributed by atoms with Crippen LogP contribution in [-0.2, 0) is 11.2 Å². The highest BCUT2D eigenvalue weighted by atomic mass is 35.5. The molecule has 1 heterocycles. The number of rotatable bonds is 3. The van der Waals surface area contributed by atoms with Gasteiger partial charge in [0, 0.05) is 5.56 Å². The van der Waals surface area contributed by atoms with Crippen LogP contribution >= 0.6 is 11.6 Å². The maximum atomic E-state index is 12.6. The summed E-state index contributed by atoms with van der Waals surface area (Å²) in [6, 6.07) is 7.11. The number of carbonyl (C=O) groups excluding carboxylic acids is 1. The topological polar surface area (TPSA) is 47.6 Å². The Morgan fingerprint density at radius 3 is 2.62 bits per heavy atom. The summed E-state index contributed by atoms with van der Waals surface area (Å²) in [7, 11) is 1.41. The van der Waals surface area contributed by atoms with Gasteiger partial charge in [-0.2, -0.15) is 0 Å². The average Bonchev–Trinajstić information content (AvgIpc) is 2.84. The first-order chi connectivity index (χ1) is 11.3. The Morgan fingerprint density at radius 1 is 1.21 bits per heavy atom. The molecule has 24 heavy (non-hydrogen) atoms. The number of nitrogens with one attached hydrogen (secondary N) is 1. The Kier molecular flexibility index (Phi) is 4.04. The molecule has 0 aliphatic carbocycles. The predicted octanol–water partition coefficient (Wildman–Crippen LogP) is 4.41. The van der Waals surface area contributed by atoms with E-state index in [1.807, 2.05) is 0 Å². The first-order valence-corrected chi connectivity index (χ1v) is 7.21. The molecule has 3 rings (SSSR count). The Bertz CT molecular complexity index is 821. The molecule has 0 radical (unpaired) electrons. The van der Waals surface area contributed by atoms with Crippen molar-refractivity contribution in [1.82, 2.24) is 0 Å². The number of alkyl halides is 3. The van der Waals surface area contributed by atoms with Crippen molar-refractivity contribution < 1.29 is 27.4 Å². The van der Waals surface area contributed by atoms with Crippen LogP contribution in [0.2, 0.25) is 5.02 Å². The van der Waals surface area contributed by atoms with Crippen molar-refractivity contribution in [2.75, 3.05) is 12.4 Å². The second kappa shape index (κ2) is 5.90. The number of anilines is 1. The smallest absolute Gasteiger partial charge is 0.495 e. The fraction of sp³-hybridized carbons (Fsp3) is 0.188. The molecule has 0 bridgehead atoms. The zero-order chi connectivity index (χ0) is 17.5. The number of amides is 1. The minimum absolute atomic E-state index is 0.0805. The molecule has 1 aliphatic heterocycles. The molecule has 126 valence electrons. The summed E-state index contributed by atoms with van der Waals surface area (Å²) < 4.78 is 47.2. The van der Waals surface area contributed by atoms with Gasteiger partial charge in [0.2, 0.25) is 5.91 Å². The number of ether oxygens (including phenoxy) is 2. The molecule has 0 saturated heterocycles. The second-order valence-corrected chi connectivity index (χ2v) is 5.51. The summed E-state index contributed by atoms with van der Waals surface area (Å²) in [5.74, 6) is -0.299. The molecular formula is C16H11ClF3NO3. The Balaban J connectivity index is 2.17. The van der Waals surface area contributed by atoms with Gasteiger partial charge < -0.3 is 14.8 Å². The molecule has 0 unspecified atom stereocenters. The molecule has 1 aliphatic rings. The van der Waals surface area contributed by atoms with E-state index in [0.29, 0.717) is 22.6 Å². The molecule has 2 aromatic carbocycles. The van der Waals surface area contributed by atoms with Crippen LogP contribution in [0, 0.1) is 0 Å². The Hall–Kier alpha value is -2.41. The summed E-state index contributed by atoms with van der Waals surface area (Å²) >= 11 is 6.10. The van der Waals surface area contributed by atoms with Crippen LogP contribution in [0.5, 0.6) is 11.5 Å². The highest BCUT2D eigenvalue weighted by Crippen LogP contribution is 2.44. The summed E-state index contributed by atoms with van der Waals surface area (Å²) in [4.78, 5) is 11.6. The van der Waals surface area contributed by atoms with Gasteiger partial charge in [-0.05, 0) is 35.4 Å². The van der Waals surface area contributed by atoms with Gasteiger partial charge >= 0.3 is 6.36 Å². The van der Waals surface area contributed by atoms with Crippen LogP contribution in [0.3, 0.4) is 0 Å². The van der Waals surface area contributed by atoms with Crippen LogP contribution in [0.25, 0.3) is 11.1 Å². The van der Waals surface area contributed by atoms with Crippen LogP contribution < -0.4 is 14.8 Å². The third-order valence-corrected chi connectivity index (χ3v) is 3.82. The molecule has 2 aromatic rings. The number of methoxy groups -OCH3 is 1. The Morgan fingerprint density at radius 2 is 1.96 bits per heavy atom. The zero-order valence-corrected chi connectivity index (χ0v) is 13.1.